The van der Waals surface area contributed by atoms with Gasteiger partial charge in [-0.15, -0.1) is 10.2 Å². The molecule has 0 spiro atoms. The molecule has 0 radical (unpaired) electrons. The monoisotopic (exact) mass is 352 g/mol. The van der Waals surface area contributed by atoms with Gasteiger partial charge in [0.1, 0.15) is 5.82 Å². The molecule has 0 aliphatic carbocycles. The summed E-state index contributed by atoms with van der Waals surface area (Å²) < 4.78 is 30.4. The molecule has 3 rings (SSSR count). The lowest BCUT2D eigenvalue weighted by molar-refractivity contribution is 0.0624. The fourth-order valence-electron chi connectivity index (χ4n) is 2.97. The average Bonchev–Trinajstić information content (AvgIpc) is 3.10. The Bertz CT molecular complexity index is 861. The van der Waals surface area contributed by atoms with Gasteiger partial charge in [0.25, 0.3) is 5.91 Å². The first-order valence-corrected chi connectivity index (χ1v) is 9.55. The number of rotatable bonds is 5. The summed E-state index contributed by atoms with van der Waals surface area (Å²) in [6.45, 7) is 2.54. The zero-order valence-electron chi connectivity index (χ0n) is 13.7. The summed E-state index contributed by atoms with van der Waals surface area (Å²) in [5.74, 6) is 0.658. The van der Waals surface area contributed by atoms with Crippen LogP contribution in [0.15, 0.2) is 18.3 Å². The van der Waals surface area contributed by atoms with Gasteiger partial charge < -0.3 is 9.64 Å². The minimum Gasteiger partial charge on any atom is -0.383 e. The van der Waals surface area contributed by atoms with Crippen molar-refractivity contribution in [1.82, 2.24) is 19.5 Å². The number of hydrogen-bond donors (Lipinski definition) is 0. The number of fused-ring (bicyclic) bond motifs is 1. The number of carbonyl (C=O) groups is 1. The van der Waals surface area contributed by atoms with Crippen molar-refractivity contribution >= 4 is 21.4 Å². The summed E-state index contributed by atoms with van der Waals surface area (Å²) in [6.07, 6.45) is 2.21. The van der Waals surface area contributed by atoms with E-state index in [0.29, 0.717) is 30.8 Å². The number of pyridine rings is 1. The van der Waals surface area contributed by atoms with E-state index in [1.165, 1.54) is 0 Å². The van der Waals surface area contributed by atoms with Crippen molar-refractivity contribution < 1.29 is 17.9 Å². The van der Waals surface area contributed by atoms with E-state index in [2.05, 4.69) is 10.2 Å². The third-order valence-corrected chi connectivity index (χ3v) is 6.02. The van der Waals surface area contributed by atoms with E-state index >= 15 is 0 Å². The Morgan fingerprint density at radius 2 is 2.25 bits per heavy atom. The zero-order chi connectivity index (χ0) is 17.3. The van der Waals surface area contributed by atoms with Crippen molar-refractivity contribution in [3.8, 4) is 0 Å². The molecule has 1 aliphatic rings. The maximum Gasteiger partial charge on any atom is 0.254 e. The highest BCUT2D eigenvalue weighted by atomic mass is 32.2. The van der Waals surface area contributed by atoms with Gasteiger partial charge in [-0.2, -0.15) is 0 Å². The van der Waals surface area contributed by atoms with Crippen molar-refractivity contribution in [2.45, 2.75) is 19.4 Å². The van der Waals surface area contributed by atoms with E-state index in [9.17, 15) is 13.2 Å². The fraction of sp³-hybridized carbons (Fsp3) is 0.533. The molecule has 1 aliphatic heterocycles. The second kappa shape index (κ2) is 6.48. The quantitative estimate of drug-likeness (QED) is 0.769. The Hall–Kier alpha value is -2.00. The molecule has 24 heavy (non-hydrogen) atoms. The number of aryl methyl sites for hydroxylation is 1. The van der Waals surface area contributed by atoms with Crippen LogP contribution < -0.4 is 0 Å². The smallest absolute Gasteiger partial charge is 0.254 e. The molecular weight excluding hydrogens is 332 g/mol. The minimum absolute atomic E-state index is 0.00867. The summed E-state index contributed by atoms with van der Waals surface area (Å²) in [4.78, 5) is 14.5. The van der Waals surface area contributed by atoms with Gasteiger partial charge in [-0.05, 0) is 25.5 Å². The molecule has 1 atom stereocenters. The van der Waals surface area contributed by atoms with Crippen LogP contribution in [0, 0.1) is 6.92 Å². The lowest BCUT2D eigenvalue weighted by Gasteiger charge is -2.28. The molecule has 0 N–H and O–H groups in total. The largest absolute Gasteiger partial charge is 0.383 e. The number of ether oxygens (including phenoxy) is 1. The fourth-order valence-corrected chi connectivity index (χ4v) is 4.70. The molecular formula is C15H20N4O4S. The minimum atomic E-state index is -3.07. The number of amides is 1. The molecule has 8 nitrogen and oxygen atoms in total. The molecule has 1 fully saturated rings. The third-order valence-electron chi connectivity index (χ3n) is 4.27. The van der Waals surface area contributed by atoms with Gasteiger partial charge in [0.15, 0.2) is 15.5 Å². The van der Waals surface area contributed by atoms with Crippen molar-refractivity contribution in [3.63, 3.8) is 0 Å². The number of carbonyl (C=O) groups excluding carboxylic acids is 1. The molecule has 3 heterocycles. The van der Waals surface area contributed by atoms with Crippen LogP contribution in [-0.4, -0.2) is 71.6 Å². The Morgan fingerprint density at radius 1 is 1.46 bits per heavy atom. The topological polar surface area (TPSA) is 93.9 Å². The number of aromatic nitrogens is 3. The van der Waals surface area contributed by atoms with E-state index < -0.39 is 9.84 Å². The maximum absolute atomic E-state index is 12.9. The van der Waals surface area contributed by atoms with Crippen molar-refractivity contribution in [2.75, 3.05) is 31.8 Å². The van der Waals surface area contributed by atoms with Gasteiger partial charge in [-0.1, -0.05) is 0 Å². The summed E-state index contributed by atoms with van der Waals surface area (Å²) in [7, 11) is -1.52. The highest BCUT2D eigenvalue weighted by molar-refractivity contribution is 7.91. The second-order valence-corrected chi connectivity index (χ2v) is 8.17. The molecule has 0 bridgehead atoms. The van der Waals surface area contributed by atoms with Gasteiger partial charge in [0.05, 0.1) is 18.1 Å². The highest BCUT2D eigenvalue weighted by Crippen LogP contribution is 2.20. The molecule has 0 saturated carbocycles. The maximum atomic E-state index is 12.9. The van der Waals surface area contributed by atoms with E-state index in [1.807, 2.05) is 6.92 Å². The molecule has 2 aromatic rings. The Labute approximate surface area is 140 Å². The van der Waals surface area contributed by atoms with Gasteiger partial charge in [-0.25, -0.2) is 8.42 Å². The first-order valence-electron chi connectivity index (χ1n) is 7.73. The second-order valence-electron chi connectivity index (χ2n) is 5.94. The van der Waals surface area contributed by atoms with Crippen LogP contribution >= 0.6 is 0 Å². The van der Waals surface area contributed by atoms with Crippen LogP contribution in [0.2, 0.25) is 0 Å². The highest BCUT2D eigenvalue weighted by Gasteiger charge is 2.34. The van der Waals surface area contributed by atoms with Crippen molar-refractivity contribution in [1.29, 1.82) is 0 Å². The molecule has 1 saturated heterocycles. The summed E-state index contributed by atoms with van der Waals surface area (Å²) in [5, 5.41) is 8.00. The SMILES string of the molecule is COCCN(C(=O)c1ccn2c(C)nnc2c1)C1CCS(=O)(=O)C1. The van der Waals surface area contributed by atoms with Crippen molar-refractivity contribution in [3.05, 3.63) is 29.7 Å². The molecule has 9 heteroatoms. The zero-order valence-corrected chi connectivity index (χ0v) is 14.5. The Kier molecular flexibility index (Phi) is 4.55. The molecule has 130 valence electrons. The van der Waals surface area contributed by atoms with Gasteiger partial charge in [-0.3, -0.25) is 9.20 Å². The summed E-state index contributed by atoms with van der Waals surface area (Å²) in [6, 6.07) is 3.06. The summed E-state index contributed by atoms with van der Waals surface area (Å²) in [5.41, 5.74) is 1.05. The van der Waals surface area contributed by atoms with Gasteiger partial charge >= 0.3 is 0 Å². The predicted octanol–water partition coefficient (Wildman–Crippen LogP) is 0.313. The predicted molar refractivity (Wildman–Crippen MR) is 87.7 cm³/mol. The summed E-state index contributed by atoms with van der Waals surface area (Å²) >= 11 is 0. The van der Waals surface area contributed by atoms with E-state index in [-0.39, 0.29) is 23.5 Å². The average molecular weight is 352 g/mol. The van der Waals surface area contributed by atoms with Crippen LogP contribution in [0.5, 0.6) is 0 Å². The number of sulfone groups is 1. The molecule has 1 unspecified atom stereocenters. The number of methoxy groups -OCH3 is 1. The van der Waals surface area contributed by atoms with Crippen LogP contribution in [0.4, 0.5) is 0 Å². The van der Waals surface area contributed by atoms with E-state index in [4.69, 9.17) is 4.74 Å². The van der Waals surface area contributed by atoms with E-state index in [1.54, 1.807) is 34.7 Å². The normalized spacial score (nSPS) is 19.7. The van der Waals surface area contributed by atoms with Gasteiger partial charge in [0.2, 0.25) is 0 Å². The lowest BCUT2D eigenvalue weighted by atomic mass is 10.1. The molecule has 0 aromatic carbocycles. The van der Waals surface area contributed by atoms with Gasteiger partial charge in [0, 0.05) is 31.5 Å². The molecule has 2 aromatic heterocycles. The Balaban J connectivity index is 1.89. The Morgan fingerprint density at radius 3 is 2.92 bits per heavy atom. The van der Waals surface area contributed by atoms with E-state index in [0.717, 1.165) is 5.82 Å². The lowest BCUT2D eigenvalue weighted by Crippen LogP contribution is -2.43. The van der Waals surface area contributed by atoms with Crippen LogP contribution in [0.3, 0.4) is 0 Å². The van der Waals surface area contributed by atoms with Crippen molar-refractivity contribution in [2.24, 2.45) is 0 Å². The molecule has 1 amide bonds. The van der Waals surface area contributed by atoms with Crippen LogP contribution in [0.25, 0.3) is 5.65 Å². The number of nitrogens with zero attached hydrogens (tertiary/aromatic N) is 4. The first kappa shape index (κ1) is 16.8. The number of hydrogen-bond acceptors (Lipinski definition) is 6. The standard InChI is InChI=1S/C15H20N4O4S/c1-11-16-17-14-9-12(3-5-18(11)14)15(20)19(6-7-23-2)13-4-8-24(21,22)10-13/h3,5,9,13H,4,6-8,10H2,1-2H3. The third kappa shape index (κ3) is 3.27. The van der Waals surface area contributed by atoms with Crippen LogP contribution in [-0.2, 0) is 14.6 Å². The van der Waals surface area contributed by atoms with Crippen LogP contribution in [0.1, 0.15) is 22.6 Å². The first-order chi connectivity index (χ1) is 11.4.